The molecule has 0 radical (unpaired) electrons. The van der Waals surface area contributed by atoms with Crippen LogP contribution in [0, 0.1) is 0 Å². The van der Waals surface area contributed by atoms with Gasteiger partial charge >= 0.3 is 5.97 Å². The highest BCUT2D eigenvalue weighted by atomic mass is 16.5. The molecular weight excluding hydrogens is 252 g/mol. The predicted molar refractivity (Wildman–Crippen MR) is 81.3 cm³/mol. The average molecular weight is 278 g/mol. The van der Waals surface area contributed by atoms with Gasteiger partial charge in [-0.2, -0.15) is 0 Å². The van der Waals surface area contributed by atoms with E-state index < -0.39 is 5.97 Å². The van der Waals surface area contributed by atoms with E-state index in [0.717, 1.165) is 57.3 Å². The van der Waals surface area contributed by atoms with E-state index in [4.69, 9.17) is 9.84 Å². The molecule has 1 N–H and O–H groups in total. The number of aliphatic carboxylic acids is 1. The summed E-state index contributed by atoms with van der Waals surface area (Å²) in [6.07, 6.45) is 7.62. The number of carbonyl (C=O) groups is 1. The second-order valence-corrected chi connectivity index (χ2v) is 5.15. The van der Waals surface area contributed by atoms with Crippen molar-refractivity contribution in [2.45, 2.75) is 58.3 Å². The molecule has 0 atom stereocenters. The molecule has 3 nitrogen and oxygen atoms in total. The summed E-state index contributed by atoms with van der Waals surface area (Å²) < 4.78 is 5.63. The molecule has 20 heavy (non-hydrogen) atoms. The first-order valence-corrected chi connectivity index (χ1v) is 7.66. The number of aryl methyl sites for hydroxylation is 1. The van der Waals surface area contributed by atoms with Gasteiger partial charge in [0.25, 0.3) is 0 Å². The van der Waals surface area contributed by atoms with Crippen LogP contribution in [0.2, 0.25) is 0 Å². The van der Waals surface area contributed by atoms with Gasteiger partial charge in [-0.3, -0.25) is 4.79 Å². The molecule has 0 fully saturated rings. The Bertz CT molecular complexity index is 370. The van der Waals surface area contributed by atoms with Crippen molar-refractivity contribution in [2.75, 3.05) is 6.61 Å². The largest absolute Gasteiger partial charge is 0.494 e. The van der Waals surface area contributed by atoms with Crippen LogP contribution in [0.5, 0.6) is 5.75 Å². The van der Waals surface area contributed by atoms with Crippen molar-refractivity contribution in [3.63, 3.8) is 0 Å². The second-order valence-electron chi connectivity index (χ2n) is 5.15. The van der Waals surface area contributed by atoms with Gasteiger partial charge in [-0.15, -0.1) is 0 Å². The molecule has 0 aliphatic heterocycles. The number of carboxylic acids is 1. The SMILES string of the molecule is CCCCOc1ccc(CCCCCCC(=O)O)cc1. The molecule has 0 aliphatic carbocycles. The quantitative estimate of drug-likeness (QED) is 0.608. The fourth-order valence-corrected chi connectivity index (χ4v) is 2.05. The minimum Gasteiger partial charge on any atom is -0.494 e. The fourth-order valence-electron chi connectivity index (χ4n) is 2.05. The Morgan fingerprint density at radius 3 is 2.40 bits per heavy atom. The van der Waals surface area contributed by atoms with Crippen LogP contribution in [0.4, 0.5) is 0 Å². The molecule has 0 saturated heterocycles. The summed E-state index contributed by atoms with van der Waals surface area (Å²) in [5.74, 6) is 0.257. The standard InChI is InChI=1S/C17H26O3/c1-2-3-14-20-16-12-10-15(11-13-16)8-6-4-5-7-9-17(18)19/h10-13H,2-9,14H2,1H3,(H,18,19). The number of rotatable bonds is 11. The maximum atomic E-state index is 10.4. The fraction of sp³-hybridized carbons (Fsp3) is 0.588. The first-order valence-electron chi connectivity index (χ1n) is 7.66. The molecule has 1 aromatic carbocycles. The summed E-state index contributed by atoms with van der Waals surface area (Å²) in [6.45, 7) is 2.95. The Hall–Kier alpha value is -1.51. The maximum Gasteiger partial charge on any atom is 0.303 e. The summed E-state index contributed by atoms with van der Waals surface area (Å²) in [7, 11) is 0. The first-order chi connectivity index (χ1) is 9.72. The van der Waals surface area contributed by atoms with Gasteiger partial charge in [0.2, 0.25) is 0 Å². The Kier molecular flexibility index (Phi) is 8.52. The number of unbranched alkanes of at least 4 members (excludes halogenated alkanes) is 4. The third kappa shape index (κ3) is 7.82. The zero-order chi connectivity index (χ0) is 14.6. The topological polar surface area (TPSA) is 46.5 Å². The zero-order valence-electron chi connectivity index (χ0n) is 12.4. The highest BCUT2D eigenvalue weighted by Gasteiger charge is 1.98. The zero-order valence-corrected chi connectivity index (χ0v) is 12.4. The van der Waals surface area contributed by atoms with Gasteiger partial charge in [-0.05, 0) is 43.4 Å². The summed E-state index contributed by atoms with van der Waals surface area (Å²) in [4.78, 5) is 10.4. The molecule has 1 aromatic rings. The van der Waals surface area contributed by atoms with Gasteiger partial charge in [0.05, 0.1) is 6.61 Å². The third-order valence-electron chi connectivity index (χ3n) is 3.30. The van der Waals surface area contributed by atoms with Crippen LogP contribution >= 0.6 is 0 Å². The minimum atomic E-state index is -0.691. The third-order valence-corrected chi connectivity index (χ3v) is 3.30. The van der Waals surface area contributed by atoms with Crippen molar-refractivity contribution < 1.29 is 14.6 Å². The average Bonchev–Trinajstić information content (AvgIpc) is 2.44. The smallest absolute Gasteiger partial charge is 0.303 e. The Morgan fingerprint density at radius 2 is 1.75 bits per heavy atom. The molecular formula is C17H26O3. The molecule has 0 bridgehead atoms. The summed E-state index contributed by atoms with van der Waals surface area (Å²) in [6, 6.07) is 8.32. The van der Waals surface area contributed by atoms with Gasteiger partial charge in [-0.25, -0.2) is 0 Å². The van der Waals surface area contributed by atoms with Crippen molar-refractivity contribution >= 4 is 5.97 Å². The monoisotopic (exact) mass is 278 g/mol. The van der Waals surface area contributed by atoms with Crippen molar-refractivity contribution in [3.8, 4) is 5.75 Å². The number of ether oxygens (including phenoxy) is 1. The van der Waals surface area contributed by atoms with Gasteiger partial charge < -0.3 is 9.84 Å². The van der Waals surface area contributed by atoms with Crippen molar-refractivity contribution in [3.05, 3.63) is 29.8 Å². The van der Waals surface area contributed by atoms with E-state index in [9.17, 15) is 4.79 Å². The number of carboxylic acid groups (broad SMARTS) is 1. The number of hydrogen-bond donors (Lipinski definition) is 1. The Labute approximate surface area is 122 Å². The van der Waals surface area contributed by atoms with Crippen molar-refractivity contribution in [1.29, 1.82) is 0 Å². The van der Waals surface area contributed by atoms with E-state index in [-0.39, 0.29) is 0 Å². The van der Waals surface area contributed by atoms with Crippen LogP contribution in [-0.4, -0.2) is 17.7 Å². The predicted octanol–water partition coefficient (Wildman–Crippen LogP) is 4.44. The summed E-state index contributed by atoms with van der Waals surface area (Å²) in [5, 5.41) is 8.54. The highest BCUT2D eigenvalue weighted by molar-refractivity contribution is 5.66. The number of benzene rings is 1. The number of hydrogen-bond acceptors (Lipinski definition) is 2. The van der Waals surface area contributed by atoms with Gasteiger partial charge in [0, 0.05) is 6.42 Å². The van der Waals surface area contributed by atoms with Crippen LogP contribution < -0.4 is 4.74 Å². The molecule has 0 aromatic heterocycles. The molecule has 3 heteroatoms. The normalized spacial score (nSPS) is 10.4. The molecule has 1 rings (SSSR count). The molecule has 0 unspecified atom stereocenters. The second kappa shape index (κ2) is 10.3. The van der Waals surface area contributed by atoms with Gasteiger partial charge in [-0.1, -0.05) is 38.3 Å². The summed E-state index contributed by atoms with van der Waals surface area (Å²) in [5.41, 5.74) is 1.33. The molecule has 0 amide bonds. The van der Waals surface area contributed by atoms with Gasteiger partial charge in [0.15, 0.2) is 0 Å². The lowest BCUT2D eigenvalue weighted by Gasteiger charge is -2.06. The van der Waals surface area contributed by atoms with E-state index in [0.29, 0.717) is 6.42 Å². The van der Waals surface area contributed by atoms with Crippen LogP contribution in [0.25, 0.3) is 0 Å². The Morgan fingerprint density at radius 1 is 1.05 bits per heavy atom. The molecule has 0 heterocycles. The summed E-state index contributed by atoms with van der Waals surface area (Å²) >= 11 is 0. The van der Waals surface area contributed by atoms with E-state index in [1.165, 1.54) is 5.56 Å². The molecule has 0 aliphatic rings. The van der Waals surface area contributed by atoms with Crippen molar-refractivity contribution in [2.24, 2.45) is 0 Å². The Balaban J connectivity index is 2.13. The van der Waals surface area contributed by atoms with Crippen LogP contribution in [0.1, 0.15) is 57.4 Å². The van der Waals surface area contributed by atoms with E-state index >= 15 is 0 Å². The van der Waals surface area contributed by atoms with Crippen LogP contribution in [0.15, 0.2) is 24.3 Å². The van der Waals surface area contributed by atoms with Gasteiger partial charge in [0.1, 0.15) is 5.75 Å². The van der Waals surface area contributed by atoms with Crippen molar-refractivity contribution in [1.82, 2.24) is 0 Å². The molecule has 0 saturated carbocycles. The minimum absolute atomic E-state index is 0.295. The molecule has 112 valence electrons. The maximum absolute atomic E-state index is 10.4. The lowest BCUT2D eigenvalue weighted by molar-refractivity contribution is -0.137. The lowest BCUT2D eigenvalue weighted by atomic mass is 10.1. The highest BCUT2D eigenvalue weighted by Crippen LogP contribution is 2.15. The van der Waals surface area contributed by atoms with E-state index in [1.807, 2.05) is 12.1 Å². The van der Waals surface area contributed by atoms with E-state index in [2.05, 4.69) is 19.1 Å². The lowest BCUT2D eigenvalue weighted by Crippen LogP contribution is -1.96. The van der Waals surface area contributed by atoms with Crippen LogP contribution in [0.3, 0.4) is 0 Å². The van der Waals surface area contributed by atoms with E-state index in [1.54, 1.807) is 0 Å². The molecule has 0 spiro atoms. The first kappa shape index (κ1) is 16.5. The van der Waals surface area contributed by atoms with Crippen LogP contribution in [-0.2, 0) is 11.2 Å².